The van der Waals surface area contributed by atoms with E-state index in [2.05, 4.69) is 0 Å². The maximum atomic E-state index is 14.2. The molecule has 1 aromatic carbocycles. The monoisotopic (exact) mass is 364 g/mol. The topological polar surface area (TPSA) is 70.1 Å². The Hall–Kier alpha value is -1.99. The van der Waals surface area contributed by atoms with Gasteiger partial charge in [-0.1, -0.05) is 6.07 Å². The summed E-state index contributed by atoms with van der Waals surface area (Å²) in [5.41, 5.74) is -0.0808. The molecule has 2 saturated heterocycles. The van der Waals surface area contributed by atoms with Crippen molar-refractivity contribution in [3.05, 3.63) is 35.1 Å². The fourth-order valence-electron chi connectivity index (χ4n) is 3.89. The molecule has 0 saturated carbocycles. The fraction of sp³-hybridized carbons (Fsp3) is 0.579. The van der Waals surface area contributed by atoms with Gasteiger partial charge in [-0.05, 0) is 37.5 Å². The van der Waals surface area contributed by atoms with Crippen molar-refractivity contribution in [1.29, 1.82) is 0 Å². The van der Waals surface area contributed by atoms with Crippen LogP contribution in [0.5, 0.6) is 0 Å². The molecule has 0 aliphatic carbocycles. The van der Waals surface area contributed by atoms with Crippen molar-refractivity contribution in [3.63, 3.8) is 0 Å². The summed E-state index contributed by atoms with van der Waals surface area (Å²) >= 11 is 0. The van der Waals surface area contributed by atoms with Crippen molar-refractivity contribution in [1.82, 2.24) is 9.80 Å². The van der Waals surface area contributed by atoms with Crippen LogP contribution >= 0.6 is 0 Å². The van der Waals surface area contributed by atoms with Crippen molar-refractivity contribution < 1.29 is 23.8 Å². The number of fused-ring (bicyclic) bond motifs is 1. The number of ether oxygens (including phenoxy) is 1. The molecule has 2 amide bonds. The van der Waals surface area contributed by atoms with E-state index in [-0.39, 0.29) is 29.9 Å². The Morgan fingerprint density at radius 3 is 2.58 bits per heavy atom. The predicted molar refractivity (Wildman–Crippen MR) is 93.2 cm³/mol. The minimum atomic E-state index is -0.882. The minimum absolute atomic E-state index is 0.00235. The van der Waals surface area contributed by atoms with Crippen LogP contribution in [0.4, 0.5) is 4.39 Å². The quantitative estimate of drug-likeness (QED) is 0.875. The summed E-state index contributed by atoms with van der Waals surface area (Å²) in [6.45, 7) is 3.31. The molecule has 2 heterocycles. The molecule has 0 unspecified atom stereocenters. The lowest BCUT2D eigenvalue weighted by atomic mass is 9.75. The third-order valence-electron chi connectivity index (χ3n) is 5.53. The van der Waals surface area contributed by atoms with E-state index in [9.17, 15) is 19.1 Å². The minimum Gasteiger partial charge on any atom is -0.389 e. The van der Waals surface area contributed by atoms with Crippen LogP contribution < -0.4 is 0 Å². The van der Waals surface area contributed by atoms with Gasteiger partial charge in [0.25, 0.3) is 5.91 Å². The van der Waals surface area contributed by atoms with Gasteiger partial charge in [0.1, 0.15) is 12.4 Å². The normalized spacial score (nSPS) is 25.8. The Morgan fingerprint density at radius 1 is 1.27 bits per heavy atom. The lowest BCUT2D eigenvalue weighted by molar-refractivity contribution is -0.148. The van der Waals surface area contributed by atoms with Gasteiger partial charge in [0, 0.05) is 39.2 Å². The van der Waals surface area contributed by atoms with E-state index in [1.165, 1.54) is 19.2 Å². The molecule has 1 N–H and O–H groups in total. The molecule has 2 atom stereocenters. The van der Waals surface area contributed by atoms with Crippen molar-refractivity contribution >= 4 is 11.8 Å². The average molecular weight is 364 g/mol. The number of likely N-dealkylation sites (tertiary alicyclic amines) is 2. The summed E-state index contributed by atoms with van der Waals surface area (Å²) in [7, 11) is 1.47. The average Bonchev–Trinajstić information content (AvgIpc) is 2.60. The maximum Gasteiger partial charge on any atom is 0.256 e. The highest BCUT2D eigenvalue weighted by Crippen LogP contribution is 2.36. The van der Waals surface area contributed by atoms with Crippen LogP contribution in [-0.4, -0.2) is 72.2 Å². The smallest absolute Gasteiger partial charge is 0.256 e. The van der Waals surface area contributed by atoms with Crippen LogP contribution in [-0.2, 0) is 9.53 Å². The van der Waals surface area contributed by atoms with E-state index >= 15 is 0 Å². The van der Waals surface area contributed by atoms with Gasteiger partial charge < -0.3 is 19.6 Å². The number of piperidine rings is 2. The zero-order valence-electron chi connectivity index (χ0n) is 15.2. The first-order valence-electron chi connectivity index (χ1n) is 8.88. The van der Waals surface area contributed by atoms with Crippen molar-refractivity contribution in [2.75, 3.05) is 39.9 Å². The van der Waals surface area contributed by atoms with Crippen LogP contribution in [0.15, 0.2) is 18.2 Å². The van der Waals surface area contributed by atoms with Crippen LogP contribution in [0.25, 0.3) is 0 Å². The third-order valence-corrected chi connectivity index (χ3v) is 5.53. The molecule has 2 fully saturated rings. The number of benzene rings is 1. The number of methoxy groups -OCH3 is 1. The number of amides is 2. The van der Waals surface area contributed by atoms with Gasteiger partial charge in [-0.2, -0.15) is 0 Å². The molecule has 2 aliphatic rings. The van der Waals surface area contributed by atoms with Crippen molar-refractivity contribution in [2.45, 2.75) is 25.4 Å². The zero-order chi connectivity index (χ0) is 18.9. The van der Waals surface area contributed by atoms with Gasteiger partial charge in [0.2, 0.25) is 5.91 Å². The molecule has 3 rings (SSSR count). The molecule has 7 heteroatoms. The van der Waals surface area contributed by atoms with Crippen molar-refractivity contribution in [2.24, 2.45) is 5.92 Å². The Kier molecular flexibility index (Phi) is 5.29. The molecule has 26 heavy (non-hydrogen) atoms. The fourth-order valence-corrected chi connectivity index (χ4v) is 3.89. The van der Waals surface area contributed by atoms with Gasteiger partial charge >= 0.3 is 0 Å². The van der Waals surface area contributed by atoms with E-state index in [4.69, 9.17) is 4.74 Å². The molecule has 2 aliphatic heterocycles. The number of nitrogens with zero attached hydrogens (tertiary/aromatic N) is 2. The van der Waals surface area contributed by atoms with Gasteiger partial charge in [0.05, 0.1) is 11.2 Å². The maximum absolute atomic E-state index is 14.2. The number of hydrogen-bond acceptors (Lipinski definition) is 4. The SMILES string of the molecule is COCC(=O)N1CC[C@]2(O)CCN(C(=O)c3ccc(C)cc3F)C[C@@H]2C1. The number of carbonyl (C=O) groups excluding carboxylic acids is 2. The molecule has 0 aromatic heterocycles. The van der Waals surface area contributed by atoms with Crippen LogP contribution in [0, 0.1) is 18.7 Å². The second-order valence-corrected chi connectivity index (χ2v) is 7.31. The summed E-state index contributed by atoms with van der Waals surface area (Å²) in [5, 5.41) is 10.9. The van der Waals surface area contributed by atoms with E-state index in [1.807, 2.05) is 0 Å². The van der Waals surface area contributed by atoms with Crippen LogP contribution in [0.3, 0.4) is 0 Å². The van der Waals surface area contributed by atoms with Crippen LogP contribution in [0.2, 0.25) is 0 Å². The Morgan fingerprint density at radius 2 is 1.92 bits per heavy atom. The van der Waals surface area contributed by atoms with Crippen LogP contribution in [0.1, 0.15) is 28.8 Å². The molecular weight excluding hydrogens is 339 g/mol. The lowest BCUT2D eigenvalue weighted by Crippen LogP contribution is -2.61. The first-order valence-corrected chi connectivity index (χ1v) is 8.88. The standard InChI is InChI=1S/C19H25FN2O4/c1-13-3-4-15(16(20)9-13)18(24)22-8-6-19(25)5-7-21(10-14(19)11-22)17(23)12-26-2/h3-4,9,14,25H,5-8,10-12H2,1-2H3/t14-,19-/m0/s1. The summed E-state index contributed by atoms with van der Waals surface area (Å²) in [4.78, 5) is 28.1. The van der Waals surface area contributed by atoms with Crippen molar-refractivity contribution in [3.8, 4) is 0 Å². The third kappa shape index (κ3) is 3.59. The Labute approximate surface area is 152 Å². The first kappa shape index (κ1) is 18.8. The van der Waals surface area contributed by atoms with E-state index in [1.54, 1.807) is 22.8 Å². The summed E-state index contributed by atoms with van der Waals surface area (Å²) in [6, 6.07) is 4.56. The Bertz CT molecular complexity index is 711. The molecule has 1 aromatic rings. The predicted octanol–water partition coefficient (Wildman–Crippen LogP) is 1.21. The van der Waals surface area contributed by atoms with E-state index < -0.39 is 11.4 Å². The summed E-state index contributed by atoms with van der Waals surface area (Å²) < 4.78 is 19.1. The number of rotatable bonds is 3. The molecule has 0 bridgehead atoms. The second-order valence-electron chi connectivity index (χ2n) is 7.31. The highest BCUT2D eigenvalue weighted by molar-refractivity contribution is 5.94. The summed E-state index contributed by atoms with van der Waals surface area (Å²) in [6.07, 6.45) is 0.914. The number of halogens is 1. The number of carbonyl (C=O) groups is 2. The largest absolute Gasteiger partial charge is 0.389 e. The lowest BCUT2D eigenvalue weighted by Gasteiger charge is -2.50. The van der Waals surface area contributed by atoms with Gasteiger partial charge in [-0.25, -0.2) is 4.39 Å². The number of aryl methyl sites for hydroxylation is 1. The first-order chi connectivity index (χ1) is 12.3. The molecule has 6 nitrogen and oxygen atoms in total. The number of hydrogen-bond donors (Lipinski definition) is 1. The molecule has 0 radical (unpaired) electrons. The molecule has 142 valence electrons. The Balaban J connectivity index is 1.73. The highest BCUT2D eigenvalue weighted by Gasteiger charge is 2.46. The van der Waals surface area contributed by atoms with Gasteiger partial charge in [0.15, 0.2) is 0 Å². The molecular formula is C19H25FN2O4. The number of aliphatic hydroxyl groups is 1. The molecule has 0 spiro atoms. The van der Waals surface area contributed by atoms with E-state index in [0.29, 0.717) is 39.0 Å². The summed E-state index contributed by atoms with van der Waals surface area (Å²) in [5.74, 6) is -1.27. The van der Waals surface area contributed by atoms with E-state index in [0.717, 1.165) is 5.56 Å². The zero-order valence-corrected chi connectivity index (χ0v) is 15.2. The van der Waals surface area contributed by atoms with Gasteiger partial charge in [-0.3, -0.25) is 9.59 Å². The van der Waals surface area contributed by atoms with Gasteiger partial charge in [-0.15, -0.1) is 0 Å². The second kappa shape index (κ2) is 7.32. The highest BCUT2D eigenvalue weighted by atomic mass is 19.1.